The van der Waals surface area contributed by atoms with E-state index < -0.39 is 16.6 Å². The average molecular weight is 698 g/mol. The van der Waals surface area contributed by atoms with Gasteiger partial charge >= 0.3 is 277 Å². The van der Waals surface area contributed by atoms with E-state index in [4.69, 9.17) is 0 Å². The molecule has 3 heteroatoms. The molecule has 0 saturated carbocycles. The molecule has 1 aliphatic heterocycles. The van der Waals surface area contributed by atoms with E-state index in [1.165, 1.54) is 54.0 Å². The average Bonchev–Trinajstić information content (AvgIpc) is 3.54. The Morgan fingerprint density at radius 3 is 1.13 bits per heavy atom. The van der Waals surface area contributed by atoms with Gasteiger partial charge in [-0.1, -0.05) is 0 Å². The van der Waals surface area contributed by atoms with Crippen molar-refractivity contribution in [3.05, 3.63) is 129 Å². The van der Waals surface area contributed by atoms with Gasteiger partial charge in [-0.2, -0.15) is 0 Å². The molecule has 0 amide bonds. The van der Waals surface area contributed by atoms with Gasteiger partial charge in [0.15, 0.2) is 0 Å². The Labute approximate surface area is 300 Å². The number of halogens is 2. The van der Waals surface area contributed by atoms with Crippen LogP contribution in [0.2, 0.25) is 9.45 Å². The number of benzene rings is 4. The van der Waals surface area contributed by atoms with Crippen LogP contribution in [0.1, 0.15) is 109 Å². The number of hydrogen-bond acceptors (Lipinski definition) is 0. The Bertz CT molecular complexity index is 1670. The molecule has 1 heterocycles. The first-order valence-corrected chi connectivity index (χ1v) is 21.5. The minimum Gasteiger partial charge on any atom is -1.00 e. The first-order valence-electron chi connectivity index (χ1n) is 17.5. The summed E-state index contributed by atoms with van der Waals surface area (Å²) in [6.45, 7) is 18.9. The maximum Gasteiger partial charge on any atom is -1.00 e. The minimum atomic E-state index is -2.47. The van der Waals surface area contributed by atoms with Gasteiger partial charge in [-0.05, 0) is 0 Å². The third-order valence-electron chi connectivity index (χ3n) is 11.3. The molecule has 3 aliphatic rings. The predicted octanol–water partition coefficient (Wildman–Crippen LogP) is 7.17. The first kappa shape index (κ1) is 35.9. The molecule has 0 spiro atoms. The molecule has 0 radical (unpaired) electrons. The Morgan fingerprint density at radius 2 is 0.830 bits per heavy atom. The van der Waals surface area contributed by atoms with Crippen molar-refractivity contribution in [3.8, 4) is 22.3 Å². The van der Waals surface area contributed by atoms with E-state index in [0.717, 1.165) is 0 Å². The topological polar surface area (TPSA) is 0 Å². The summed E-state index contributed by atoms with van der Waals surface area (Å²) in [7, 11) is 0. The zero-order chi connectivity index (χ0) is 31.6. The van der Waals surface area contributed by atoms with Crippen LogP contribution in [-0.4, -0.2) is 0 Å². The molecule has 7 rings (SSSR count). The molecule has 0 aromatic heterocycles. The van der Waals surface area contributed by atoms with Crippen molar-refractivity contribution < 1.29 is 41.4 Å². The maximum absolute atomic E-state index is 2.64. The second-order valence-electron chi connectivity index (χ2n) is 15.4. The molecule has 0 bridgehead atoms. The van der Waals surface area contributed by atoms with Gasteiger partial charge in [-0.15, -0.1) is 0 Å². The summed E-state index contributed by atoms with van der Waals surface area (Å²) in [6.07, 6.45) is 5.28. The molecule has 0 nitrogen and oxygen atoms in total. The van der Waals surface area contributed by atoms with Gasteiger partial charge in [-0.25, -0.2) is 0 Å². The van der Waals surface area contributed by atoms with Gasteiger partial charge in [0, 0.05) is 0 Å². The van der Waals surface area contributed by atoms with Crippen LogP contribution in [0.3, 0.4) is 0 Å². The largest absolute Gasteiger partial charge is 1.00 e. The number of rotatable bonds is 8. The van der Waals surface area contributed by atoms with Crippen molar-refractivity contribution in [3.63, 3.8) is 0 Å². The quantitative estimate of drug-likeness (QED) is 0.172. The Hall–Kier alpha value is -2.35. The molecule has 2 unspecified atom stereocenters. The molecular weight excluding hydrogens is 647 g/mol. The summed E-state index contributed by atoms with van der Waals surface area (Å²) in [6, 6.07) is 33.2. The fraction of sp³-hybridized carbons (Fsp3) is 0.364. The smallest absolute Gasteiger partial charge is 1.00 e. The zero-order valence-electron chi connectivity index (χ0n) is 29.4. The molecule has 4 aromatic rings. The van der Waals surface area contributed by atoms with E-state index in [1.54, 1.807) is 22.3 Å². The van der Waals surface area contributed by atoms with Gasteiger partial charge < -0.3 is 24.8 Å². The van der Waals surface area contributed by atoms with Crippen molar-refractivity contribution in [2.75, 3.05) is 0 Å². The zero-order valence-corrected chi connectivity index (χ0v) is 32.4. The Morgan fingerprint density at radius 1 is 0.468 bits per heavy atom. The summed E-state index contributed by atoms with van der Waals surface area (Å²) in [5, 5.41) is 0. The van der Waals surface area contributed by atoms with Crippen LogP contribution in [0.15, 0.2) is 96.1 Å². The van der Waals surface area contributed by atoms with Gasteiger partial charge in [0.1, 0.15) is 0 Å². The van der Waals surface area contributed by atoms with Crippen molar-refractivity contribution in [2.24, 2.45) is 11.8 Å². The summed E-state index contributed by atoms with van der Waals surface area (Å²) in [4.78, 5) is 0. The molecular formula is C44H50Cl2Ti. The minimum absolute atomic E-state index is 0. The van der Waals surface area contributed by atoms with E-state index in [9.17, 15) is 0 Å². The maximum atomic E-state index is 2.64. The summed E-state index contributed by atoms with van der Waals surface area (Å²) in [5.74, 6) is 2.22. The van der Waals surface area contributed by atoms with Crippen LogP contribution in [0.5, 0.6) is 0 Å². The monoisotopic (exact) mass is 696 g/mol. The van der Waals surface area contributed by atoms with Gasteiger partial charge in [0.2, 0.25) is 0 Å². The van der Waals surface area contributed by atoms with Gasteiger partial charge in [0.05, 0.1) is 0 Å². The van der Waals surface area contributed by atoms with Crippen LogP contribution in [0.4, 0.5) is 0 Å². The second kappa shape index (κ2) is 13.9. The SMILES string of the molecule is CC(C)C1=Cc2c(-c3ccc(C(C)C)cc3)cccc2[CH]1[Ti+2]1([CH]2C(C(C)C)=Cc3c(-c4ccc(C(C)C)cc4)cccc32)[CH2][CH2]1.[Cl-].[Cl-]. The summed E-state index contributed by atoms with van der Waals surface area (Å²) in [5.41, 5.74) is 18.1. The number of allylic oxidation sites excluding steroid dienone is 2. The van der Waals surface area contributed by atoms with Crippen molar-refractivity contribution in [1.82, 2.24) is 0 Å². The third kappa shape index (κ3) is 6.19. The predicted molar refractivity (Wildman–Crippen MR) is 193 cm³/mol. The van der Waals surface area contributed by atoms with Crippen molar-refractivity contribution >= 4 is 12.2 Å². The number of fused-ring (bicyclic) bond motifs is 2. The van der Waals surface area contributed by atoms with Crippen molar-refractivity contribution in [2.45, 2.75) is 85.1 Å². The Balaban J connectivity index is 0.00000217. The van der Waals surface area contributed by atoms with Crippen LogP contribution < -0.4 is 24.8 Å². The molecule has 2 aliphatic carbocycles. The molecule has 4 aromatic carbocycles. The Kier molecular flexibility index (Phi) is 10.6. The van der Waals surface area contributed by atoms with E-state index in [0.29, 0.717) is 32.1 Å². The van der Waals surface area contributed by atoms with Crippen LogP contribution in [-0.2, 0) is 16.6 Å². The molecule has 2 atom stereocenters. The second-order valence-corrected chi connectivity index (χ2v) is 22.6. The first-order chi connectivity index (χ1) is 21.6. The van der Waals surface area contributed by atoms with Crippen LogP contribution >= 0.6 is 0 Å². The molecule has 0 N–H and O–H groups in total. The standard InChI is InChI=1S/2C21H23.C2H4.2ClH.Ti/c2*1-14(2)16-8-10-17(11-9-16)20-7-5-6-18-12-19(15(3)4)13-21(18)20;1-2;;;/h2*5-15H,1-4H3;1-2H2;2*1H;/q;;;;;+2/p-2. The van der Waals surface area contributed by atoms with Gasteiger partial charge in [0.25, 0.3) is 0 Å². The van der Waals surface area contributed by atoms with E-state index in [-0.39, 0.29) is 24.8 Å². The molecule has 1 fully saturated rings. The van der Waals surface area contributed by atoms with Crippen LogP contribution in [0, 0.1) is 11.8 Å². The van der Waals surface area contributed by atoms with Gasteiger partial charge in [-0.3, -0.25) is 0 Å². The fourth-order valence-corrected chi connectivity index (χ4v) is 19.3. The van der Waals surface area contributed by atoms with Crippen LogP contribution in [0.25, 0.3) is 34.4 Å². The summed E-state index contributed by atoms with van der Waals surface area (Å²) >= 11 is -2.47. The van der Waals surface area contributed by atoms with E-state index >= 15 is 0 Å². The normalized spacial score (nSPS) is 18.2. The molecule has 1 saturated heterocycles. The molecule has 47 heavy (non-hydrogen) atoms. The van der Waals surface area contributed by atoms with E-state index in [2.05, 4.69) is 152 Å². The fourth-order valence-electron chi connectivity index (χ4n) is 8.62. The third-order valence-corrected chi connectivity index (χ3v) is 19.5. The van der Waals surface area contributed by atoms with Crippen molar-refractivity contribution in [1.29, 1.82) is 0 Å². The summed E-state index contributed by atoms with van der Waals surface area (Å²) < 4.78 is 4.23. The van der Waals surface area contributed by atoms with E-state index in [1.807, 2.05) is 0 Å². The molecule has 244 valence electrons. The number of hydrogen-bond donors (Lipinski definition) is 0.